The number of carbonyl (C=O) groups excluding carboxylic acids is 2. The molecular weight excluding hydrogens is 324 g/mol. The standard InChI is InChI=1S/C16H24N6O3/c1-13(20-21-16(24)14-12-17-4-5-18-14)11-15(23)19-3-2-6-22-7-9-25-10-8-22/h4-5,12H,2-3,6-11H2,1H3,(H,19,23)(H,21,24)/b20-13-. The van der Waals surface area contributed by atoms with E-state index in [2.05, 4.69) is 30.7 Å². The van der Waals surface area contributed by atoms with Crippen LogP contribution in [0.15, 0.2) is 23.7 Å². The quantitative estimate of drug-likeness (QED) is 0.383. The minimum Gasteiger partial charge on any atom is -0.379 e. The van der Waals surface area contributed by atoms with Crippen LogP contribution in [0.1, 0.15) is 30.3 Å². The fourth-order valence-corrected chi connectivity index (χ4v) is 2.31. The summed E-state index contributed by atoms with van der Waals surface area (Å²) in [5, 5.41) is 6.77. The molecule has 1 saturated heterocycles. The lowest BCUT2D eigenvalue weighted by Crippen LogP contribution is -2.38. The molecule has 0 atom stereocenters. The van der Waals surface area contributed by atoms with E-state index in [1.54, 1.807) is 6.92 Å². The van der Waals surface area contributed by atoms with E-state index in [1.165, 1.54) is 18.6 Å². The summed E-state index contributed by atoms with van der Waals surface area (Å²) in [7, 11) is 0. The monoisotopic (exact) mass is 348 g/mol. The van der Waals surface area contributed by atoms with E-state index in [0.717, 1.165) is 39.3 Å². The maximum absolute atomic E-state index is 11.9. The van der Waals surface area contributed by atoms with E-state index in [1.807, 2.05) is 0 Å². The van der Waals surface area contributed by atoms with Crippen molar-refractivity contribution in [3.05, 3.63) is 24.3 Å². The van der Waals surface area contributed by atoms with E-state index in [0.29, 0.717) is 12.3 Å². The minimum absolute atomic E-state index is 0.114. The fourth-order valence-electron chi connectivity index (χ4n) is 2.31. The SMILES string of the molecule is C/C(CC(=O)NCCCN1CCOCC1)=N/NC(=O)c1cnccn1. The summed E-state index contributed by atoms with van der Waals surface area (Å²) in [5.41, 5.74) is 3.05. The molecule has 1 aromatic heterocycles. The summed E-state index contributed by atoms with van der Waals surface area (Å²) in [4.78, 5) is 33.6. The van der Waals surface area contributed by atoms with E-state index in [4.69, 9.17) is 4.74 Å². The molecule has 1 aliphatic heterocycles. The Morgan fingerprint density at radius 2 is 2.12 bits per heavy atom. The third kappa shape index (κ3) is 7.36. The van der Waals surface area contributed by atoms with E-state index < -0.39 is 5.91 Å². The predicted molar refractivity (Wildman–Crippen MR) is 92.1 cm³/mol. The van der Waals surface area contributed by atoms with Gasteiger partial charge in [-0.25, -0.2) is 10.4 Å². The molecule has 0 aliphatic carbocycles. The van der Waals surface area contributed by atoms with Crippen LogP contribution >= 0.6 is 0 Å². The first-order valence-corrected chi connectivity index (χ1v) is 8.31. The summed E-state index contributed by atoms with van der Waals surface area (Å²) in [6.45, 7) is 6.71. The Balaban J connectivity index is 1.61. The molecule has 9 nitrogen and oxygen atoms in total. The molecule has 2 rings (SSSR count). The number of rotatable bonds is 8. The molecule has 25 heavy (non-hydrogen) atoms. The molecule has 2 heterocycles. The first-order valence-electron chi connectivity index (χ1n) is 8.31. The Morgan fingerprint density at radius 3 is 2.84 bits per heavy atom. The van der Waals surface area contributed by atoms with Crippen molar-refractivity contribution in [2.75, 3.05) is 39.4 Å². The molecule has 0 bridgehead atoms. The van der Waals surface area contributed by atoms with Gasteiger partial charge in [0.25, 0.3) is 5.91 Å². The van der Waals surface area contributed by atoms with Gasteiger partial charge in [-0.1, -0.05) is 0 Å². The van der Waals surface area contributed by atoms with Crippen molar-refractivity contribution in [1.29, 1.82) is 0 Å². The van der Waals surface area contributed by atoms with Crippen molar-refractivity contribution in [2.45, 2.75) is 19.8 Å². The van der Waals surface area contributed by atoms with Crippen molar-refractivity contribution in [2.24, 2.45) is 5.10 Å². The van der Waals surface area contributed by atoms with Crippen LogP contribution in [0.3, 0.4) is 0 Å². The third-order valence-corrected chi connectivity index (χ3v) is 3.64. The van der Waals surface area contributed by atoms with Crippen molar-refractivity contribution in [1.82, 2.24) is 25.6 Å². The van der Waals surface area contributed by atoms with Crippen LogP contribution in [-0.4, -0.2) is 71.8 Å². The van der Waals surface area contributed by atoms with E-state index >= 15 is 0 Å². The second kappa shape index (κ2) is 10.5. The molecule has 0 saturated carbocycles. The van der Waals surface area contributed by atoms with Gasteiger partial charge in [-0.3, -0.25) is 19.5 Å². The highest BCUT2D eigenvalue weighted by atomic mass is 16.5. The zero-order chi connectivity index (χ0) is 17.9. The van der Waals surface area contributed by atoms with Crippen LogP contribution in [0, 0.1) is 0 Å². The van der Waals surface area contributed by atoms with Gasteiger partial charge in [0, 0.05) is 37.7 Å². The Bertz CT molecular complexity index is 587. The molecule has 1 aromatic rings. The highest BCUT2D eigenvalue weighted by Crippen LogP contribution is 1.97. The van der Waals surface area contributed by atoms with E-state index in [-0.39, 0.29) is 18.0 Å². The van der Waals surface area contributed by atoms with Crippen LogP contribution in [0.4, 0.5) is 0 Å². The zero-order valence-electron chi connectivity index (χ0n) is 14.4. The molecule has 2 amide bonds. The van der Waals surface area contributed by atoms with Gasteiger partial charge in [0.15, 0.2) is 0 Å². The van der Waals surface area contributed by atoms with Crippen molar-refractivity contribution < 1.29 is 14.3 Å². The Hall–Kier alpha value is -2.39. The second-order valence-electron chi connectivity index (χ2n) is 5.71. The van der Waals surface area contributed by atoms with Crippen LogP contribution in [0.2, 0.25) is 0 Å². The molecule has 0 spiro atoms. The first kappa shape index (κ1) is 18.9. The van der Waals surface area contributed by atoms with Gasteiger partial charge < -0.3 is 10.1 Å². The summed E-state index contributed by atoms with van der Waals surface area (Å²) in [5.74, 6) is -0.574. The average molecular weight is 348 g/mol. The average Bonchev–Trinajstić information content (AvgIpc) is 2.65. The van der Waals surface area contributed by atoms with Gasteiger partial charge in [0.2, 0.25) is 5.91 Å². The molecule has 2 N–H and O–H groups in total. The number of hydrazone groups is 1. The molecular formula is C16H24N6O3. The Labute approximate surface area is 146 Å². The Morgan fingerprint density at radius 1 is 1.32 bits per heavy atom. The maximum atomic E-state index is 11.9. The lowest BCUT2D eigenvalue weighted by atomic mass is 10.3. The third-order valence-electron chi connectivity index (χ3n) is 3.64. The highest BCUT2D eigenvalue weighted by Gasteiger charge is 2.10. The van der Waals surface area contributed by atoms with Crippen LogP contribution < -0.4 is 10.7 Å². The number of hydrogen-bond acceptors (Lipinski definition) is 7. The lowest BCUT2D eigenvalue weighted by Gasteiger charge is -2.26. The summed E-state index contributed by atoms with van der Waals surface area (Å²) < 4.78 is 5.29. The van der Waals surface area contributed by atoms with Gasteiger partial charge in [-0.05, 0) is 19.9 Å². The number of morpholine rings is 1. The van der Waals surface area contributed by atoms with Crippen LogP contribution in [-0.2, 0) is 9.53 Å². The van der Waals surface area contributed by atoms with Gasteiger partial charge in [0.05, 0.1) is 25.8 Å². The number of hydrogen-bond donors (Lipinski definition) is 2. The number of nitrogens with zero attached hydrogens (tertiary/aromatic N) is 4. The zero-order valence-corrected chi connectivity index (χ0v) is 14.4. The van der Waals surface area contributed by atoms with Gasteiger partial charge in [0.1, 0.15) is 5.69 Å². The number of nitrogens with one attached hydrogen (secondary N) is 2. The summed E-state index contributed by atoms with van der Waals surface area (Å²) in [6, 6.07) is 0. The molecule has 1 fully saturated rings. The minimum atomic E-state index is -0.460. The smallest absolute Gasteiger partial charge is 0.291 e. The number of carbonyl (C=O) groups is 2. The lowest BCUT2D eigenvalue weighted by molar-refractivity contribution is -0.119. The number of amides is 2. The summed E-state index contributed by atoms with van der Waals surface area (Å²) >= 11 is 0. The molecule has 0 aromatic carbocycles. The van der Waals surface area contributed by atoms with Crippen LogP contribution in [0.25, 0.3) is 0 Å². The molecule has 136 valence electrons. The van der Waals surface area contributed by atoms with Gasteiger partial charge in [-0.2, -0.15) is 5.10 Å². The fraction of sp³-hybridized carbons (Fsp3) is 0.562. The number of ether oxygens (including phenoxy) is 1. The first-order chi connectivity index (χ1) is 12.1. The van der Waals surface area contributed by atoms with Crippen molar-refractivity contribution >= 4 is 17.5 Å². The number of aromatic nitrogens is 2. The van der Waals surface area contributed by atoms with Crippen LogP contribution in [0.5, 0.6) is 0 Å². The van der Waals surface area contributed by atoms with Gasteiger partial charge >= 0.3 is 0 Å². The van der Waals surface area contributed by atoms with Crippen molar-refractivity contribution in [3.63, 3.8) is 0 Å². The second-order valence-corrected chi connectivity index (χ2v) is 5.71. The normalized spacial score (nSPS) is 15.6. The topological polar surface area (TPSA) is 109 Å². The summed E-state index contributed by atoms with van der Waals surface area (Å²) in [6.07, 6.45) is 5.29. The highest BCUT2D eigenvalue weighted by molar-refractivity contribution is 6.00. The van der Waals surface area contributed by atoms with Gasteiger partial charge in [-0.15, -0.1) is 0 Å². The van der Waals surface area contributed by atoms with E-state index in [9.17, 15) is 9.59 Å². The molecule has 0 unspecified atom stereocenters. The largest absolute Gasteiger partial charge is 0.379 e. The molecule has 9 heteroatoms. The maximum Gasteiger partial charge on any atom is 0.291 e. The predicted octanol–water partition coefficient (Wildman–Crippen LogP) is -0.189. The Kier molecular flexibility index (Phi) is 7.93. The molecule has 1 aliphatic rings. The van der Waals surface area contributed by atoms with Crippen molar-refractivity contribution in [3.8, 4) is 0 Å². The molecule has 0 radical (unpaired) electrons.